The summed E-state index contributed by atoms with van der Waals surface area (Å²) >= 11 is 1.52. The van der Waals surface area contributed by atoms with Gasteiger partial charge in [0.05, 0.1) is 19.0 Å². The first-order valence-corrected chi connectivity index (χ1v) is 13.6. The van der Waals surface area contributed by atoms with Crippen LogP contribution in [0.15, 0.2) is 43.0 Å². The monoisotopic (exact) mass is 559 g/mol. The lowest BCUT2D eigenvalue weighted by Gasteiger charge is -2.24. The highest BCUT2D eigenvalue weighted by Crippen LogP contribution is 2.19. The van der Waals surface area contributed by atoms with Gasteiger partial charge in [0.25, 0.3) is 0 Å². The van der Waals surface area contributed by atoms with Gasteiger partial charge in [0, 0.05) is 41.8 Å². The van der Waals surface area contributed by atoms with Gasteiger partial charge in [-0.3, -0.25) is 14.4 Å². The summed E-state index contributed by atoms with van der Waals surface area (Å²) in [6, 6.07) is 2.62. The standard InChI is InChI=1S/C25H33N7O6S/c1-39-7-6-17(26)22(34)32-21(12-33)24(36)30-19(8-14-10-28-18-5-3-2-4-16(14)18)23(35)31-20(25(37)38)9-15-11-27-13-29-15/h2-5,10-11,13,17,19-21,28,33H,6-9,12,26H2,1H3,(H,27,29)(H,30,36)(H,31,35)(H,32,34)(H,37,38). The number of hydrogen-bond acceptors (Lipinski definition) is 8. The van der Waals surface area contributed by atoms with Gasteiger partial charge in [0.15, 0.2) is 0 Å². The predicted octanol–water partition coefficient (Wildman–Crippen LogP) is -0.712. The van der Waals surface area contributed by atoms with Crippen molar-refractivity contribution in [2.45, 2.75) is 43.4 Å². The predicted molar refractivity (Wildman–Crippen MR) is 146 cm³/mol. The van der Waals surface area contributed by atoms with Crippen molar-refractivity contribution in [2.75, 3.05) is 18.6 Å². The fraction of sp³-hybridized carbons (Fsp3) is 0.400. The Morgan fingerprint density at radius 1 is 1.00 bits per heavy atom. The molecule has 9 N–H and O–H groups in total. The minimum Gasteiger partial charge on any atom is -0.480 e. The molecule has 0 saturated heterocycles. The number of H-pyrrole nitrogens is 2. The number of aliphatic hydroxyl groups is 1. The summed E-state index contributed by atoms with van der Waals surface area (Å²) in [6.45, 7) is -0.730. The molecule has 0 saturated carbocycles. The van der Waals surface area contributed by atoms with Crippen LogP contribution in [0.1, 0.15) is 17.7 Å². The molecule has 2 heterocycles. The summed E-state index contributed by atoms with van der Waals surface area (Å²) in [7, 11) is 0. The van der Waals surface area contributed by atoms with Crippen molar-refractivity contribution in [3.63, 3.8) is 0 Å². The summed E-state index contributed by atoms with van der Waals surface area (Å²) in [4.78, 5) is 60.5. The number of para-hydroxylation sites is 1. The number of imidazole rings is 1. The van der Waals surface area contributed by atoms with Gasteiger partial charge in [-0.05, 0) is 30.1 Å². The van der Waals surface area contributed by atoms with Crippen LogP contribution >= 0.6 is 11.8 Å². The fourth-order valence-electron chi connectivity index (χ4n) is 3.94. The van der Waals surface area contributed by atoms with Crippen molar-refractivity contribution >= 4 is 46.4 Å². The highest BCUT2D eigenvalue weighted by Gasteiger charge is 2.31. The molecule has 0 radical (unpaired) electrons. The second kappa shape index (κ2) is 14.3. The second-order valence-corrected chi connectivity index (χ2v) is 9.92. The molecule has 0 fully saturated rings. The summed E-state index contributed by atoms with van der Waals surface area (Å²) in [5.74, 6) is -2.81. The van der Waals surface area contributed by atoms with Crippen LogP contribution < -0.4 is 21.7 Å². The Morgan fingerprint density at radius 2 is 1.69 bits per heavy atom. The maximum Gasteiger partial charge on any atom is 0.326 e. The first-order chi connectivity index (χ1) is 18.7. The lowest BCUT2D eigenvalue weighted by atomic mass is 10.0. The number of carboxylic acids is 1. The molecule has 0 spiro atoms. The number of fused-ring (bicyclic) bond motifs is 1. The Kier molecular flexibility index (Phi) is 10.9. The Labute approximate surface area is 228 Å². The van der Waals surface area contributed by atoms with Crippen molar-refractivity contribution < 1.29 is 29.4 Å². The van der Waals surface area contributed by atoms with Crippen LogP contribution in [0.4, 0.5) is 0 Å². The number of hydrogen-bond donors (Lipinski definition) is 8. The first-order valence-electron chi connectivity index (χ1n) is 12.2. The number of carboxylic acid groups (broad SMARTS) is 1. The molecule has 2 aromatic heterocycles. The number of carbonyl (C=O) groups is 4. The van der Waals surface area contributed by atoms with Crippen LogP contribution in [0.5, 0.6) is 0 Å². The van der Waals surface area contributed by atoms with E-state index < -0.39 is 54.5 Å². The number of rotatable bonds is 15. The fourth-order valence-corrected chi connectivity index (χ4v) is 4.43. The number of carbonyl (C=O) groups excluding carboxylic acids is 3. The van der Waals surface area contributed by atoms with Crippen LogP contribution in [0, 0.1) is 0 Å². The normalized spacial score (nSPS) is 14.2. The topological polar surface area (TPSA) is 215 Å². The molecule has 3 aromatic rings. The number of nitrogens with one attached hydrogen (secondary N) is 5. The zero-order valence-corrected chi connectivity index (χ0v) is 22.2. The number of aromatic amines is 2. The maximum absolute atomic E-state index is 13.3. The van der Waals surface area contributed by atoms with E-state index in [-0.39, 0.29) is 12.8 Å². The van der Waals surface area contributed by atoms with Crippen molar-refractivity contribution in [1.82, 2.24) is 30.9 Å². The van der Waals surface area contributed by atoms with Crippen molar-refractivity contribution in [2.24, 2.45) is 5.73 Å². The Hall–Kier alpha value is -3.88. The molecule has 210 valence electrons. The molecule has 1 aromatic carbocycles. The number of nitrogens with two attached hydrogens (primary N) is 1. The minimum absolute atomic E-state index is 0.0112. The zero-order valence-electron chi connectivity index (χ0n) is 21.3. The number of benzene rings is 1. The van der Waals surface area contributed by atoms with E-state index >= 15 is 0 Å². The van der Waals surface area contributed by atoms with Gasteiger partial charge in [-0.15, -0.1) is 0 Å². The van der Waals surface area contributed by atoms with Gasteiger partial charge >= 0.3 is 5.97 Å². The molecule has 0 aliphatic heterocycles. The molecule has 39 heavy (non-hydrogen) atoms. The third-order valence-corrected chi connectivity index (χ3v) is 6.75. The van der Waals surface area contributed by atoms with E-state index in [0.29, 0.717) is 23.4 Å². The van der Waals surface area contributed by atoms with Gasteiger partial charge in [0.1, 0.15) is 18.1 Å². The number of aliphatic carboxylic acids is 1. The molecule has 4 unspecified atom stereocenters. The highest BCUT2D eigenvalue weighted by molar-refractivity contribution is 7.98. The van der Waals surface area contributed by atoms with Gasteiger partial charge in [-0.2, -0.15) is 11.8 Å². The highest BCUT2D eigenvalue weighted by atomic mass is 32.2. The van der Waals surface area contributed by atoms with Gasteiger partial charge in [-0.25, -0.2) is 9.78 Å². The van der Waals surface area contributed by atoms with Gasteiger partial charge < -0.3 is 41.9 Å². The second-order valence-electron chi connectivity index (χ2n) is 8.94. The maximum atomic E-state index is 13.3. The van der Waals surface area contributed by atoms with E-state index in [1.807, 2.05) is 30.5 Å². The average Bonchev–Trinajstić information content (AvgIpc) is 3.59. The summed E-state index contributed by atoms with van der Waals surface area (Å²) in [5.41, 5.74) is 7.89. The summed E-state index contributed by atoms with van der Waals surface area (Å²) in [6.07, 6.45) is 6.75. The van der Waals surface area contributed by atoms with Crippen molar-refractivity contribution in [3.8, 4) is 0 Å². The molecule has 3 amide bonds. The third kappa shape index (κ3) is 8.30. The van der Waals surface area contributed by atoms with Crippen LogP contribution in [-0.4, -0.2) is 91.6 Å². The molecule has 3 rings (SSSR count). The third-order valence-electron chi connectivity index (χ3n) is 6.11. The summed E-state index contributed by atoms with van der Waals surface area (Å²) < 4.78 is 0. The lowest BCUT2D eigenvalue weighted by Crippen LogP contribution is -2.58. The smallest absolute Gasteiger partial charge is 0.326 e. The molecule has 0 aliphatic carbocycles. The van der Waals surface area contributed by atoms with E-state index in [2.05, 4.69) is 30.9 Å². The molecule has 0 bridgehead atoms. The molecular weight excluding hydrogens is 526 g/mol. The lowest BCUT2D eigenvalue weighted by molar-refractivity contribution is -0.142. The largest absolute Gasteiger partial charge is 0.480 e. The number of nitrogens with zero attached hydrogens (tertiary/aromatic N) is 1. The number of amides is 3. The van der Waals surface area contributed by atoms with E-state index in [0.717, 1.165) is 10.9 Å². The molecule has 4 atom stereocenters. The van der Waals surface area contributed by atoms with Crippen molar-refractivity contribution in [3.05, 3.63) is 54.2 Å². The zero-order chi connectivity index (χ0) is 28.4. The van der Waals surface area contributed by atoms with E-state index in [4.69, 9.17) is 5.73 Å². The SMILES string of the molecule is CSCCC(N)C(=O)NC(CO)C(=O)NC(Cc1c[nH]c2ccccc12)C(=O)NC(Cc1cnc[nH]1)C(=O)O. The van der Waals surface area contributed by atoms with E-state index in [9.17, 15) is 29.4 Å². The Morgan fingerprint density at radius 3 is 2.36 bits per heavy atom. The minimum atomic E-state index is -1.36. The average molecular weight is 560 g/mol. The van der Waals surface area contributed by atoms with Crippen LogP contribution in [0.25, 0.3) is 10.9 Å². The van der Waals surface area contributed by atoms with Crippen LogP contribution in [0.3, 0.4) is 0 Å². The molecule has 14 heteroatoms. The Balaban J connectivity index is 1.79. The number of thioether (sulfide) groups is 1. The molecular formula is C25H33N7O6S. The van der Waals surface area contributed by atoms with Gasteiger partial charge in [-0.1, -0.05) is 18.2 Å². The number of aliphatic hydroxyl groups excluding tert-OH is 1. The van der Waals surface area contributed by atoms with Crippen molar-refractivity contribution in [1.29, 1.82) is 0 Å². The quantitative estimate of drug-likeness (QED) is 0.118. The van der Waals surface area contributed by atoms with E-state index in [1.54, 1.807) is 6.20 Å². The van der Waals surface area contributed by atoms with Crippen LogP contribution in [-0.2, 0) is 32.0 Å². The number of aromatic nitrogens is 3. The van der Waals surface area contributed by atoms with E-state index in [1.165, 1.54) is 24.3 Å². The Bertz CT molecular complexity index is 1260. The molecule has 0 aliphatic rings. The van der Waals surface area contributed by atoms with Crippen LogP contribution in [0.2, 0.25) is 0 Å². The first kappa shape index (κ1) is 29.7. The summed E-state index contributed by atoms with van der Waals surface area (Å²) in [5, 5.41) is 27.8. The van der Waals surface area contributed by atoms with Gasteiger partial charge in [0.2, 0.25) is 17.7 Å². The molecule has 13 nitrogen and oxygen atoms in total.